The van der Waals surface area contributed by atoms with E-state index in [1.54, 1.807) is 12.1 Å². The highest BCUT2D eigenvalue weighted by atomic mass is 16.3. The van der Waals surface area contributed by atoms with Gasteiger partial charge in [-0.25, -0.2) is 0 Å². The Hall–Kier alpha value is -6.18. The molecule has 0 unspecified atom stereocenters. The normalized spacial score (nSPS) is 15.4. The van der Waals surface area contributed by atoms with Crippen molar-refractivity contribution in [3.05, 3.63) is 170 Å². The maximum absolute atomic E-state index is 9.43. The number of hydrogen-bond donors (Lipinski definition) is 0. The molecule has 9 aromatic carbocycles. The van der Waals surface area contributed by atoms with Crippen LogP contribution in [0.25, 0.3) is 98.4 Å². The van der Waals surface area contributed by atoms with Crippen LogP contribution in [0.4, 0.5) is 0 Å². The lowest BCUT2D eigenvalue weighted by Gasteiger charge is -2.18. The van der Waals surface area contributed by atoms with Crippen molar-refractivity contribution >= 4 is 65.0 Å². The molecule has 10 rings (SSSR count). The fourth-order valence-corrected chi connectivity index (χ4v) is 6.96. The summed E-state index contributed by atoms with van der Waals surface area (Å²) in [6, 6.07) is 25.8. The first-order valence-electron chi connectivity index (χ1n) is 21.2. The van der Waals surface area contributed by atoms with Gasteiger partial charge in [0.15, 0.2) is 0 Å². The lowest BCUT2D eigenvalue weighted by molar-refractivity contribution is 0.673. The van der Waals surface area contributed by atoms with E-state index in [4.69, 9.17) is 18.1 Å². The quantitative estimate of drug-likeness (QED) is 0.182. The van der Waals surface area contributed by atoms with Crippen molar-refractivity contribution in [1.29, 1.82) is 0 Å². The van der Waals surface area contributed by atoms with E-state index in [-0.39, 0.29) is 52.1 Å². The highest BCUT2D eigenvalue weighted by Gasteiger charge is 2.21. The number of fused-ring (bicyclic) bond motifs is 8. The van der Waals surface area contributed by atoms with Crippen LogP contribution in [0.15, 0.2) is 174 Å². The molecule has 1 heteroatoms. The minimum absolute atomic E-state index is 0.105. The first-order chi connectivity index (χ1) is 28.3. The summed E-state index contributed by atoms with van der Waals surface area (Å²) < 4.78 is 110. The van der Waals surface area contributed by atoms with Gasteiger partial charge < -0.3 is 4.42 Å². The van der Waals surface area contributed by atoms with Gasteiger partial charge in [0.1, 0.15) is 11.2 Å². The molecule has 218 valence electrons. The lowest BCUT2D eigenvalue weighted by atomic mass is 9.84. The Morgan fingerprint density at radius 2 is 1.11 bits per heavy atom. The monoisotopic (exact) mass is 608 g/mol. The maximum atomic E-state index is 9.43. The van der Waals surface area contributed by atoms with Crippen molar-refractivity contribution in [2.24, 2.45) is 0 Å². The average molecular weight is 609 g/mol. The Bertz CT molecular complexity index is 3450. The molecule has 1 heterocycles. The highest BCUT2D eigenvalue weighted by Crippen LogP contribution is 2.47. The molecule has 0 aliphatic carbocycles. The second kappa shape index (κ2) is 10.2. The first-order valence-corrected chi connectivity index (χ1v) is 15.2. The van der Waals surface area contributed by atoms with E-state index in [0.29, 0.717) is 33.1 Å². The van der Waals surface area contributed by atoms with E-state index in [1.165, 1.54) is 0 Å². The average Bonchev–Trinajstić information content (AvgIpc) is 3.64. The van der Waals surface area contributed by atoms with E-state index in [9.17, 15) is 2.74 Å². The SMILES string of the molecule is [2H]c1c([2H])c([2H])c(-c2ccc3c(ccc4c3oc3cccc(-c5c6ccccc6c(-c6c([2H])c([2H])c7c([2H])c([2H])c([2H])c([2H])c7c6[2H])c6ccccc56)c34)c2)c([2H])c1[2H]. The van der Waals surface area contributed by atoms with Crippen molar-refractivity contribution in [1.82, 2.24) is 0 Å². The molecule has 0 aliphatic heterocycles. The molecule has 0 N–H and O–H groups in total. The zero-order chi connectivity index (χ0) is 41.3. The molecule has 0 saturated heterocycles. The second-order valence-corrected chi connectivity index (χ2v) is 11.5. The molecule has 0 radical (unpaired) electrons. The summed E-state index contributed by atoms with van der Waals surface area (Å²) in [6.45, 7) is 0. The number of furan rings is 1. The molecule has 1 aromatic heterocycles. The van der Waals surface area contributed by atoms with Crippen molar-refractivity contribution < 1.29 is 20.9 Å². The Morgan fingerprint density at radius 1 is 0.426 bits per heavy atom. The van der Waals surface area contributed by atoms with Gasteiger partial charge in [-0.3, -0.25) is 0 Å². The van der Waals surface area contributed by atoms with Crippen LogP contribution < -0.4 is 0 Å². The topological polar surface area (TPSA) is 13.1 Å². The summed E-state index contributed by atoms with van der Waals surface area (Å²) in [5.74, 6) is 0. The Kier molecular flexibility index (Phi) is 3.66. The highest BCUT2D eigenvalue weighted by molar-refractivity contribution is 6.27. The molecule has 0 atom stereocenters. The number of rotatable bonds is 3. The van der Waals surface area contributed by atoms with Gasteiger partial charge in [0.2, 0.25) is 0 Å². The summed E-state index contributed by atoms with van der Waals surface area (Å²) >= 11 is 0. The molecular weight excluding hydrogens is 569 g/mol. The van der Waals surface area contributed by atoms with E-state index in [1.807, 2.05) is 84.9 Å². The number of hydrogen-bond acceptors (Lipinski definition) is 1. The summed E-state index contributed by atoms with van der Waals surface area (Å²) in [7, 11) is 0. The van der Waals surface area contributed by atoms with E-state index in [2.05, 4.69) is 0 Å². The molecule has 0 aliphatic rings. The maximum Gasteiger partial charge on any atom is 0.143 e. The van der Waals surface area contributed by atoms with Crippen LogP contribution in [0, 0.1) is 0 Å². The van der Waals surface area contributed by atoms with Gasteiger partial charge in [0.05, 0.1) is 16.4 Å². The van der Waals surface area contributed by atoms with Gasteiger partial charge in [-0.2, -0.15) is 0 Å². The Balaban J connectivity index is 1.26. The summed E-state index contributed by atoms with van der Waals surface area (Å²) in [4.78, 5) is 0. The molecule has 10 aromatic rings. The predicted octanol–water partition coefficient (Wildman–Crippen LogP) is 13.2. The van der Waals surface area contributed by atoms with Crippen LogP contribution >= 0.6 is 0 Å². The number of benzene rings is 9. The minimum atomic E-state index is -0.519. The van der Waals surface area contributed by atoms with Crippen molar-refractivity contribution in [2.45, 2.75) is 0 Å². The standard InChI is InChI=1S/C46H28O/c1-2-11-29(12-3-1)32-23-25-35-33(27-32)24-26-41-45-40(19-10-20-42(45)47-46(35)41)44-38-17-8-6-15-36(38)43(37-16-7-9-18-39(37)44)34-22-21-30-13-4-5-14-31(30)28-34/h1-28H/i1D,2D,3D,4D,5D,11D,12D,13D,14D,21D,22D,28D. The molecule has 47 heavy (non-hydrogen) atoms. The van der Waals surface area contributed by atoms with Gasteiger partial charge >= 0.3 is 0 Å². The van der Waals surface area contributed by atoms with Crippen LogP contribution in [0.3, 0.4) is 0 Å². The molecule has 0 amide bonds. The molecule has 0 bridgehead atoms. The summed E-state index contributed by atoms with van der Waals surface area (Å²) in [5, 5.41) is 5.94. The van der Waals surface area contributed by atoms with Gasteiger partial charge in [0.25, 0.3) is 0 Å². The smallest absolute Gasteiger partial charge is 0.143 e. The Morgan fingerprint density at radius 3 is 1.87 bits per heavy atom. The lowest BCUT2D eigenvalue weighted by Crippen LogP contribution is -1.91. The zero-order valence-corrected chi connectivity index (χ0v) is 24.6. The van der Waals surface area contributed by atoms with Crippen LogP contribution in [-0.4, -0.2) is 0 Å². The Labute approximate surface area is 288 Å². The van der Waals surface area contributed by atoms with Crippen molar-refractivity contribution in [2.75, 3.05) is 0 Å². The van der Waals surface area contributed by atoms with Gasteiger partial charge in [0, 0.05) is 16.2 Å². The van der Waals surface area contributed by atoms with E-state index in [0.717, 1.165) is 43.4 Å². The van der Waals surface area contributed by atoms with Gasteiger partial charge in [-0.1, -0.05) is 139 Å². The van der Waals surface area contributed by atoms with Gasteiger partial charge in [-0.15, -0.1) is 0 Å². The van der Waals surface area contributed by atoms with Crippen LogP contribution in [0.1, 0.15) is 16.4 Å². The van der Waals surface area contributed by atoms with Crippen molar-refractivity contribution in [3.8, 4) is 33.4 Å². The summed E-state index contributed by atoms with van der Waals surface area (Å²) in [5.41, 5.74) is 4.20. The minimum Gasteiger partial charge on any atom is -0.455 e. The van der Waals surface area contributed by atoms with E-state index >= 15 is 0 Å². The molecule has 0 fully saturated rings. The molecule has 1 nitrogen and oxygen atoms in total. The molecule has 0 saturated carbocycles. The van der Waals surface area contributed by atoms with Crippen LogP contribution in [-0.2, 0) is 0 Å². The van der Waals surface area contributed by atoms with Crippen LogP contribution in [0.5, 0.6) is 0 Å². The van der Waals surface area contributed by atoms with Gasteiger partial charge in [-0.05, 0) is 101 Å². The fraction of sp³-hybridized carbons (Fsp3) is 0. The zero-order valence-electron chi connectivity index (χ0n) is 36.6. The third-order valence-electron chi connectivity index (χ3n) is 8.97. The molecule has 0 spiro atoms. The van der Waals surface area contributed by atoms with Crippen LogP contribution in [0.2, 0.25) is 0 Å². The van der Waals surface area contributed by atoms with Crippen molar-refractivity contribution in [3.63, 3.8) is 0 Å². The predicted molar refractivity (Wildman–Crippen MR) is 200 cm³/mol. The second-order valence-electron chi connectivity index (χ2n) is 11.5. The van der Waals surface area contributed by atoms with E-state index < -0.39 is 42.3 Å². The third-order valence-corrected chi connectivity index (χ3v) is 8.97. The third kappa shape index (κ3) is 3.97. The first kappa shape index (κ1) is 16.9. The fourth-order valence-electron chi connectivity index (χ4n) is 6.96. The largest absolute Gasteiger partial charge is 0.455 e. The summed E-state index contributed by atoms with van der Waals surface area (Å²) in [6.07, 6.45) is 0. The molecular formula is C46H28O.